The van der Waals surface area contributed by atoms with Crippen molar-refractivity contribution in [3.05, 3.63) is 18.4 Å². The molecule has 0 unspecified atom stereocenters. The third kappa shape index (κ3) is 2.43. The molecule has 0 fully saturated rings. The predicted octanol–water partition coefficient (Wildman–Crippen LogP) is 2.06. The molecule has 1 rings (SSSR count). The van der Waals surface area contributed by atoms with Gasteiger partial charge >= 0.3 is 0 Å². The van der Waals surface area contributed by atoms with Crippen LogP contribution in [0.2, 0.25) is 0 Å². The van der Waals surface area contributed by atoms with E-state index in [-0.39, 0.29) is 5.91 Å². The monoisotopic (exact) mass is 180 g/mol. The van der Waals surface area contributed by atoms with Crippen molar-refractivity contribution in [2.45, 2.75) is 20.3 Å². The van der Waals surface area contributed by atoms with Gasteiger partial charge in [0.05, 0.1) is 0 Å². The van der Waals surface area contributed by atoms with Gasteiger partial charge in [0, 0.05) is 12.5 Å². The molecule has 1 N–H and O–H groups in total. The van der Waals surface area contributed by atoms with E-state index in [1.54, 1.807) is 13.0 Å². The number of amides is 1. The summed E-state index contributed by atoms with van der Waals surface area (Å²) in [5, 5.41) is 6.24. The molecule has 0 saturated heterocycles. The van der Waals surface area contributed by atoms with Crippen LogP contribution in [0.15, 0.2) is 17.2 Å². The minimum Gasteiger partial charge on any atom is -0.354 e. The number of anilines is 1. The highest BCUT2D eigenvalue weighted by Gasteiger charge is 2.06. The lowest BCUT2D eigenvalue weighted by atomic mass is 10.3. The number of hydrogen-bond donors (Lipinski definition) is 1. The maximum Gasteiger partial charge on any atom is 0.225 e. The first kappa shape index (κ1) is 9.51. The van der Waals surface area contributed by atoms with Crippen LogP contribution in [-0.2, 0) is 4.79 Å². The summed E-state index contributed by atoms with van der Waals surface area (Å²) in [6.07, 6.45) is 0.426. The number of aromatic nitrogens is 1. The van der Waals surface area contributed by atoms with Crippen molar-refractivity contribution in [1.82, 2.24) is 5.16 Å². The highest BCUT2D eigenvalue weighted by atomic mass is 16.5. The lowest BCUT2D eigenvalue weighted by molar-refractivity contribution is -0.115. The first-order valence-corrected chi connectivity index (χ1v) is 4.06. The van der Waals surface area contributed by atoms with Gasteiger partial charge < -0.3 is 9.84 Å². The zero-order chi connectivity index (χ0) is 9.84. The highest BCUT2D eigenvalue weighted by Crippen LogP contribution is 2.15. The summed E-state index contributed by atoms with van der Waals surface area (Å²) in [6, 6.07) is 1.65. The second kappa shape index (κ2) is 3.89. The summed E-state index contributed by atoms with van der Waals surface area (Å²) in [5.74, 6) is 0.942. The molecule has 1 aromatic rings. The SMILES string of the molecule is C=C(C)c1cc(NC(=O)CC)no1. The number of allylic oxidation sites excluding steroid dienone is 1. The molecular formula is C9H12N2O2. The fourth-order valence-electron chi connectivity index (χ4n) is 0.766. The van der Waals surface area contributed by atoms with Crippen LogP contribution in [0.3, 0.4) is 0 Å². The van der Waals surface area contributed by atoms with Crippen LogP contribution < -0.4 is 5.32 Å². The van der Waals surface area contributed by atoms with Crippen LogP contribution >= 0.6 is 0 Å². The molecule has 0 aliphatic rings. The van der Waals surface area contributed by atoms with Crippen molar-refractivity contribution < 1.29 is 9.32 Å². The summed E-state index contributed by atoms with van der Waals surface area (Å²) >= 11 is 0. The average molecular weight is 180 g/mol. The van der Waals surface area contributed by atoms with Gasteiger partial charge in [0.2, 0.25) is 5.91 Å². The Morgan fingerprint density at radius 2 is 2.46 bits per heavy atom. The average Bonchev–Trinajstić information content (AvgIpc) is 2.52. The van der Waals surface area contributed by atoms with Gasteiger partial charge in [-0.1, -0.05) is 18.7 Å². The first-order valence-electron chi connectivity index (χ1n) is 4.06. The summed E-state index contributed by atoms with van der Waals surface area (Å²) < 4.78 is 4.91. The van der Waals surface area contributed by atoms with Gasteiger partial charge in [-0.25, -0.2) is 0 Å². The molecule has 0 radical (unpaired) electrons. The Hall–Kier alpha value is -1.58. The quantitative estimate of drug-likeness (QED) is 0.774. The van der Waals surface area contributed by atoms with Gasteiger partial charge in [-0.15, -0.1) is 0 Å². The summed E-state index contributed by atoms with van der Waals surface area (Å²) in [7, 11) is 0. The van der Waals surface area contributed by atoms with E-state index in [0.717, 1.165) is 5.57 Å². The second-order valence-electron chi connectivity index (χ2n) is 2.76. The van der Waals surface area contributed by atoms with Crippen molar-refractivity contribution in [2.75, 3.05) is 5.32 Å². The molecule has 1 aromatic heterocycles. The van der Waals surface area contributed by atoms with Gasteiger partial charge in [0.15, 0.2) is 11.6 Å². The lowest BCUT2D eigenvalue weighted by Gasteiger charge is -1.94. The minimum atomic E-state index is -0.0819. The van der Waals surface area contributed by atoms with E-state index in [9.17, 15) is 4.79 Å². The third-order valence-corrected chi connectivity index (χ3v) is 1.52. The normalized spacial score (nSPS) is 9.69. The van der Waals surface area contributed by atoms with Crippen molar-refractivity contribution >= 4 is 17.3 Å². The molecule has 0 atom stereocenters. The molecule has 0 spiro atoms. The van der Waals surface area contributed by atoms with E-state index < -0.39 is 0 Å². The molecule has 0 saturated carbocycles. The molecule has 0 aliphatic carbocycles. The van der Waals surface area contributed by atoms with Crippen LogP contribution in [0.25, 0.3) is 5.57 Å². The largest absolute Gasteiger partial charge is 0.354 e. The van der Waals surface area contributed by atoms with E-state index >= 15 is 0 Å². The van der Waals surface area contributed by atoms with E-state index in [1.807, 2.05) is 6.92 Å². The number of nitrogens with one attached hydrogen (secondary N) is 1. The zero-order valence-corrected chi connectivity index (χ0v) is 7.76. The van der Waals surface area contributed by atoms with Crippen LogP contribution in [0.1, 0.15) is 26.0 Å². The standard InChI is InChI=1S/C9H12N2O2/c1-4-9(12)10-8-5-7(6(2)3)13-11-8/h5H,2,4H2,1,3H3,(H,10,11,12). The van der Waals surface area contributed by atoms with E-state index in [2.05, 4.69) is 17.1 Å². The minimum absolute atomic E-state index is 0.0819. The third-order valence-electron chi connectivity index (χ3n) is 1.52. The Balaban J connectivity index is 2.69. The predicted molar refractivity (Wildman–Crippen MR) is 50.1 cm³/mol. The Labute approximate surface area is 76.6 Å². The Kier molecular flexibility index (Phi) is 2.84. The number of nitrogens with zero attached hydrogens (tertiary/aromatic N) is 1. The Morgan fingerprint density at radius 3 is 2.92 bits per heavy atom. The molecule has 70 valence electrons. The molecule has 4 nitrogen and oxygen atoms in total. The highest BCUT2D eigenvalue weighted by molar-refractivity contribution is 5.89. The molecule has 13 heavy (non-hydrogen) atoms. The number of carbonyl (C=O) groups is 1. The Morgan fingerprint density at radius 1 is 1.77 bits per heavy atom. The topological polar surface area (TPSA) is 55.1 Å². The van der Waals surface area contributed by atoms with Crippen LogP contribution in [0.5, 0.6) is 0 Å². The summed E-state index contributed by atoms with van der Waals surface area (Å²) in [5.41, 5.74) is 0.782. The van der Waals surface area contributed by atoms with Gasteiger partial charge in [0.25, 0.3) is 0 Å². The van der Waals surface area contributed by atoms with Gasteiger partial charge in [-0.2, -0.15) is 0 Å². The number of rotatable bonds is 3. The van der Waals surface area contributed by atoms with Gasteiger partial charge in [0.1, 0.15) is 0 Å². The summed E-state index contributed by atoms with van der Waals surface area (Å²) in [4.78, 5) is 10.9. The Bertz CT molecular complexity index is 328. The molecule has 1 heterocycles. The number of carbonyl (C=O) groups excluding carboxylic acids is 1. The van der Waals surface area contributed by atoms with Crippen molar-refractivity contribution in [3.63, 3.8) is 0 Å². The molecular weight excluding hydrogens is 168 g/mol. The zero-order valence-electron chi connectivity index (χ0n) is 7.76. The molecule has 4 heteroatoms. The van der Waals surface area contributed by atoms with E-state index in [1.165, 1.54) is 0 Å². The maximum atomic E-state index is 10.9. The fraction of sp³-hybridized carbons (Fsp3) is 0.333. The smallest absolute Gasteiger partial charge is 0.225 e. The van der Waals surface area contributed by atoms with Gasteiger partial charge in [-0.3, -0.25) is 4.79 Å². The van der Waals surface area contributed by atoms with Crippen LogP contribution in [-0.4, -0.2) is 11.1 Å². The van der Waals surface area contributed by atoms with E-state index in [4.69, 9.17) is 4.52 Å². The maximum absolute atomic E-state index is 10.9. The lowest BCUT2D eigenvalue weighted by Crippen LogP contribution is -2.09. The molecule has 1 amide bonds. The molecule has 0 aromatic carbocycles. The van der Waals surface area contributed by atoms with Gasteiger partial charge in [-0.05, 0) is 12.5 Å². The van der Waals surface area contributed by atoms with Crippen LogP contribution in [0.4, 0.5) is 5.82 Å². The summed E-state index contributed by atoms with van der Waals surface area (Å²) in [6.45, 7) is 7.28. The fourth-order valence-corrected chi connectivity index (χ4v) is 0.766. The van der Waals surface area contributed by atoms with E-state index in [0.29, 0.717) is 18.0 Å². The molecule has 0 bridgehead atoms. The second-order valence-corrected chi connectivity index (χ2v) is 2.76. The van der Waals surface area contributed by atoms with Crippen molar-refractivity contribution in [3.8, 4) is 0 Å². The number of hydrogen-bond acceptors (Lipinski definition) is 3. The van der Waals surface area contributed by atoms with Crippen molar-refractivity contribution in [1.29, 1.82) is 0 Å². The van der Waals surface area contributed by atoms with Crippen LogP contribution in [0, 0.1) is 0 Å². The first-order chi connectivity index (χ1) is 6.13. The van der Waals surface area contributed by atoms with Crippen molar-refractivity contribution in [2.24, 2.45) is 0 Å². The molecule has 0 aliphatic heterocycles.